The average Bonchev–Trinajstić information content (AvgIpc) is 2.73. The molecule has 2 aromatic carbocycles. The fourth-order valence-corrected chi connectivity index (χ4v) is 4.62. The Bertz CT molecular complexity index is 1240. The molecule has 16 heteroatoms. The van der Waals surface area contributed by atoms with E-state index < -0.39 is 76.9 Å². The van der Waals surface area contributed by atoms with Gasteiger partial charge in [-0.15, -0.1) is 0 Å². The molecule has 0 aliphatic rings. The van der Waals surface area contributed by atoms with Crippen molar-refractivity contribution < 1.29 is 53.5 Å². The number of rotatable bonds is 7. The van der Waals surface area contributed by atoms with E-state index in [4.69, 9.17) is 0 Å². The maximum atomic E-state index is 14.9. The Balaban J connectivity index is 2.41. The van der Waals surface area contributed by atoms with E-state index in [1.54, 1.807) is 5.32 Å². The zero-order chi connectivity index (χ0) is 29.9. The van der Waals surface area contributed by atoms with Crippen LogP contribution in [0.15, 0.2) is 51.4 Å². The second-order valence-electron chi connectivity index (χ2n) is 8.05. The first kappa shape index (κ1) is 32.6. The zero-order valence-corrected chi connectivity index (χ0v) is 22.4. The van der Waals surface area contributed by atoms with E-state index in [0.717, 1.165) is 19.1 Å². The minimum absolute atomic E-state index is 0.0850. The predicted molar refractivity (Wildman–Crippen MR) is 127 cm³/mol. The van der Waals surface area contributed by atoms with Crippen molar-refractivity contribution in [2.24, 2.45) is 0 Å². The molecule has 2 amide bonds. The monoisotopic (exact) mass is 700 g/mol. The molecule has 39 heavy (non-hydrogen) atoms. The van der Waals surface area contributed by atoms with E-state index in [0.29, 0.717) is 12.1 Å². The molecule has 1 unspecified atom stereocenters. The molecule has 2 atom stereocenters. The second-order valence-corrected chi connectivity index (χ2v) is 9.88. The van der Waals surface area contributed by atoms with Crippen molar-refractivity contribution in [3.8, 4) is 0 Å². The number of carbonyl (C=O) groups is 2. The van der Waals surface area contributed by atoms with Gasteiger partial charge >= 0.3 is 18.5 Å². The van der Waals surface area contributed by atoms with Crippen LogP contribution in [0.5, 0.6) is 0 Å². The Labute approximate surface area is 231 Å². The number of halogens is 12. The van der Waals surface area contributed by atoms with Gasteiger partial charge in [0.05, 0.1) is 17.3 Å². The fraction of sp³-hybridized carbons (Fsp3) is 0.304. The van der Waals surface area contributed by atoms with Crippen molar-refractivity contribution in [1.29, 1.82) is 0 Å². The molecular weight excluding hydrogens is 686 g/mol. The van der Waals surface area contributed by atoms with Crippen molar-refractivity contribution in [2.75, 3.05) is 0 Å². The first-order valence-electron chi connectivity index (χ1n) is 10.5. The Kier molecular flexibility index (Phi) is 10.3. The van der Waals surface area contributed by atoms with Crippen LogP contribution in [-0.2, 0) is 11.0 Å². The third kappa shape index (κ3) is 9.81. The third-order valence-electron chi connectivity index (χ3n) is 4.84. The SMILES string of the molecule is C[C@H](NC(=O)CC(F)(F)F)NC(=O)c1ccc(/C(F)=C/C(c2cc(Br)cc(Br)c2)C(F)(F)F)cc1C(F)(F)F. The quantitative estimate of drug-likeness (QED) is 0.227. The molecule has 2 aromatic rings. The molecule has 0 bridgehead atoms. The van der Waals surface area contributed by atoms with Gasteiger partial charge in [0, 0.05) is 14.5 Å². The highest BCUT2D eigenvalue weighted by Gasteiger charge is 2.41. The zero-order valence-electron chi connectivity index (χ0n) is 19.3. The van der Waals surface area contributed by atoms with Crippen LogP contribution in [0.3, 0.4) is 0 Å². The highest BCUT2D eigenvalue weighted by Crippen LogP contribution is 2.41. The summed E-state index contributed by atoms with van der Waals surface area (Å²) in [5.41, 5.74) is -4.19. The molecule has 4 nitrogen and oxygen atoms in total. The van der Waals surface area contributed by atoms with E-state index in [1.807, 2.05) is 5.32 Å². The van der Waals surface area contributed by atoms with Gasteiger partial charge in [0.1, 0.15) is 18.2 Å². The first-order chi connectivity index (χ1) is 17.7. The maximum Gasteiger partial charge on any atom is 0.417 e. The van der Waals surface area contributed by atoms with Crippen LogP contribution in [-0.4, -0.2) is 30.3 Å². The average molecular weight is 702 g/mol. The van der Waals surface area contributed by atoms with Crippen molar-refractivity contribution in [1.82, 2.24) is 10.6 Å². The number of hydrogen-bond acceptors (Lipinski definition) is 2. The Morgan fingerprint density at radius 1 is 0.897 bits per heavy atom. The van der Waals surface area contributed by atoms with E-state index in [2.05, 4.69) is 31.9 Å². The van der Waals surface area contributed by atoms with Gasteiger partial charge in [-0.05, 0) is 48.9 Å². The summed E-state index contributed by atoms with van der Waals surface area (Å²) in [4.78, 5) is 23.7. The van der Waals surface area contributed by atoms with Gasteiger partial charge in [-0.25, -0.2) is 4.39 Å². The largest absolute Gasteiger partial charge is 0.417 e. The van der Waals surface area contributed by atoms with Crippen molar-refractivity contribution in [2.45, 2.75) is 44.0 Å². The highest BCUT2D eigenvalue weighted by molar-refractivity contribution is 9.11. The molecule has 0 aromatic heterocycles. The van der Waals surface area contributed by atoms with Crippen LogP contribution in [0.4, 0.5) is 43.9 Å². The predicted octanol–water partition coefficient (Wildman–Crippen LogP) is 8.03. The molecule has 0 saturated carbocycles. The van der Waals surface area contributed by atoms with Crippen molar-refractivity contribution in [3.63, 3.8) is 0 Å². The number of amides is 2. The van der Waals surface area contributed by atoms with Crippen molar-refractivity contribution in [3.05, 3.63) is 73.7 Å². The molecule has 0 fully saturated rings. The minimum Gasteiger partial charge on any atom is -0.336 e. The van der Waals surface area contributed by atoms with Crippen LogP contribution in [0, 0.1) is 0 Å². The molecule has 2 N–H and O–H groups in total. The molecule has 0 spiro atoms. The molecule has 214 valence electrons. The number of carbonyl (C=O) groups excluding carboxylic acids is 2. The summed E-state index contributed by atoms with van der Waals surface area (Å²) >= 11 is 6.01. The van der Waals surface area contributed by atoms with Crippen molar-refractivity contribution >= 4 is 49.5 Å². The Hall–Kier alpha value is -2.62. The summed E-state index contributed by atoms with van der Waals surface area (Å²) in [7, 11) is 0. The molecule has 0 saturated heterocycles. The van der Waals surface area contributed by atoms with E-state index in [-0.39, 0.29) is 21.1 Å². The first-order valence-corrected chi connectivity index (χ1v) is 12.0. The lowest BCUT2D eigenvalue weighted by molar-refractivity contribution is -0.154. The summed E-state index contributed by atoms with van der Waals surface area (Å²) in [6.07, 6.45) is -18.6. The smallest absolute Gasteiger partial charge is 0.336 e. The number of benzene rings is 2. The van der Waals surface area contributed by atoms with Crippen LogP contribution in [0.2, 0.25) is 0 Å². The maximum absolute atomic E-state index is 14.9. The number of nitrogens with one attached hydrogen (secondary N) is 2. The Morgan fingerprint density at radius 3 is 1.95 bits per heavy atom. The normalized spacial score (nSPS) is 14.5. The minimum atomic E-state index is -5.29. The molecule has 0 heterocycles. The van der Waals surface area contributed by atoms with E-state index in [9.17, 15) is 53.5 Å². The van der Waals surface area contributed by atoms with Gasteiger partial charge in [0.15, 0.2) is 0 Å². The Morgan fingerprint density at radius 2 is 1.46 bits per heavy atom. The molecule has 0 radical (unpaired) electrons. The summed E-state index contributed by atoms with van der Waals surface area (Å²) in [5, 5.41) is 3.58. The lowest BCUT2D eigenvalue weighted by atomic mass is 9.95. The van der Waals surface area contributed by atoms with Gasteiger partial charge in [0.2, 0.25) is 5.91 Å². The van der Waals surface area contributed by atoms with Gasteiger partial charge in [-0.1, -0.05) is 37.9 Å². The van der Waals surface area contributed by atoms with Crippen LogP contribution < -0.4 is 10.6 Å². The summed E-state index contributed by atoms with van der Waals surface area (Å²) in [5.74, 6) is -7.28. The molecule has 0 aliphatic heterocycles. The fourth-order valence-electron chi connectivity index (χ4n) is 3.29. The van der Waals surface area contributed by atoms with Crippen LogP contribution in [0.25, 0.3) is 5.83 Å². The summed E-state index contributed by atoms with van der Waals surface area (Å²) in [6.45, 7) is 0.980. The molecule has 2 rings (SSSR count). The topological polar surface area (TPSA) is 58.2 Å². The molecular formula is C23H16Br2F10N2O2. The molecule has 0 aliphatic carbocycles. The number of hydrogen-bond donors (Lipinski definition) is 2. The third-order valence-corrected chi connectivity index (χ3v) is 5.76. The van der Waals surface area contributed by atoms with Crippen LogP contribution >= 0.6 is 31.9 Å². The summed E-state index contributed by atoms with van der Waals surface area (Å²) < 4.78 is 134. The second kappa shape index (κ2) is 12.3. The van der Waals surface area contributed by atoms with Gasteiger partial charge in [0.25, 0.3) is 5.91 Å². The number of alkyl halides is 9. The summed E-state index contributed by atoms with van der Waals surface area (Å²) in [6, 6.07) is 4.76. The highest BCUT2D eigenvalue weighted by atomic mass is 79.9. The standard InChI is InChI=1S/C23H16Br2F10N2O2/c1-10(36-19(38)9-21(27,28)29)37-20(39)15-3-2-11(6-17(15)23(33,34)35)18(26)8-16(22(30,31)32)12-4-13(24)7-14(25)5-12/h2-8,10,16H,9H2,1H3,(H,36,38)(H,37,39)/b18-8-/t10-,16?/m1/s1. The van der Waals surface area contributed by atoms with Gasteiger partial charge < -0.3 is 10.6 Å². The lowest BCUT2D eigenvalue weighted by Crippen LogP contribution is -2.47. The lowest BCUT2D eigenvalue weighted by Gasteiger charge is -2.20. The van der Waals surface area contributed by atoms with Crippen LogP contribution in [0.1, 0.15) is 46.3 Å². The van der Waals surface area contributed by atoms with E-state index >= 15 is 0 Å². The van der Waals surface area contributed by atoms with Gasteiger partial charge in [-0.3, -0.25) is 9.59 Å². The van der Waals surface area contributed by atoms with Gasteiger partial charge in [-0.2, -0.15) is 39.5 Å². The number of allylic oxidation sites excluding steroid dienone is 1. The van der Waals surface area contributed by atoms with E-state index in [1.165, 1.54) is 6.07 Å².